The first-order valence-electron chi connectivity index (χ1n) is 6.17. The van der Waals surface area contributed by atoms with E-state index in [0.29, 0.717) is 5.41 Å². The molecule has 2 nitrogen and oxygen atoms in total. The molecule has 0 unspecified atom stereocenters. The SMILES string of the molecule is CCOCCCNCC1(CCl)CCCC1. The molecule has 1 rings (SSSR count). The van der Waals surface area contributed by atoms with E-state index in [0.717, 1.165) is 38.6 Å². The van der Waals surface area contributed by atoms with Crippen molar-refractivity contribution in [3.05, 3.63) is 0 Å². The highest BCUT2D eigenvalue weighted by atomic mass is 35.5. The van der Waals surface area contributed by atoms with Gasteiger partial charge in [-0.1, -0.05) is 12.8 Å². The summed E-state index contributed by atoms with van der Waals surface area (Å²) >= 11 is 6.06. The molecule has 0 aromatic rings. The highest BCUT2D eigenvalue weighted by Gasteiger charge is 2.32. The van der Waals surface area contributed by atoms with Gasteiger partial charge in [-0.25, -0.2) is 0 Å². The summed E-state index contributed by atoms with van der Waals surface area (Å²) in [6, 6.07) is 0. The minimum absolute atomic E-state index is 0.396. The monoisotopic (exact) mass is 233 g/mol. The summed E-state index contributed by atoms with van der Waals surface area (Å²) in [5.41, 5.74) is 0.396. The molecule has 90 valence electrons. The normalized spacial score (nSPS) is 19.6. The second kappa shape index (κ2) is 7.48. The summed E-state index contributed by atoms with van der Waals surface area (Å²) in [5, 5.41) is 3.51. The average Bonchev–Trinajstić information content (AvgIpc) is 2.73. The van der Waals surface area contributed by atoms with Crippen LogP contribution in [0.2, 0.25) is 0 Å². The standard InChI is InChI=1S/C12H24ClNO/c1-2-15-9-5-8-14-11-12(10-13)6-3-4-7-12/h14H,2-11H2,1H3. The molecule has 0 bridgehead atoms. The Bertz CT molecular complexity index is 158. The Balaban J connectivity index is 2.02. The lowest BCUT2D eigenvalue weighted by molar-refractivity contribution is 0.144. The van der Waals surface area contributed by atoms with Crippen molar-refractivity contribution < 1.29 is 4.74 Å². The summed E-state index contributed by atoms with van der Waals surface area (Å²) in [5.74, 6) is 0.811. The lowest BCUT2D eigenvalue weighted by Crippen LogP contribution is -2.34. The molecule has 0 aromatic heterocycles. The Morgan fingerprint density at radius 2 is 2.07 bits per heavy atom. The van der Waals surface area contributed by atoms with Crippen molar-refractivity contribution in [2.75, 3.05) is 32.2 Å². The third-order valence-electron chi connectivity index (χ3n) is 3.29. The van der Waals surface area contributed by atoms with Crippen LogP contribution in [0.25, 0.3) is 0 Å². The van der Waals surface area contributed by atoms with Gasteiger partial charge in [0, 0.05) is 25.6 Å². The van der Waals surface area contributed by atoms with Gasteiger partial charge >= 0.3 is 0 Å². The highest BCUT2D eigenvalue weighted by molar-refractivity contribution is 6.18. The predicted molar refractivity (Wildman–Crippen MR) is 65.6 cm³/mol. The van der Waals surface area contributed by atoms with Crippen LogP contribution in [0.4, 0.5) is 0 Å². The van der Waals surface area contributed by atoms with Gasteiger partial charge in [0.2, 0.25) is 0 Å². The van der Waals surface area contributed by atoms with Crippen LogP contribution in [0.1, 0.15) is 39.0 Å². The van der Waals surface area contributed by atoms with Gasteiger partial charge < -0.3 is 10.1 Å². The molecule has 1 aliphatic carbocycles. The van der Waals surface area contributed by atoms with Crippen molar-refractivity contribution in [2.45, 2.75) is 39.0 Å². The van der Waals surface area contributed by atoms with E-state index in [1.54, 1.807) is 0 Å². The molecule has 0 aliphatic heterocycles. The molecule has 1 saturated carbocycles. The van der Waals surface area contributed by atoms with Gasteiger partial charge in [0.25, 0.3) is 0 Å². The molecule has 1 fully saturated rings. The van der Waals surface area contributed by atoms with Crippen LogP contribution in [0, 0.1) is 5.41 Å². The molecular weight excluding hydrogens is 210 g/mol. The van der Waals surface area contributed by atoms with E-state index >= 15 is 0 Å². The summed E-state index contributed by atoms with van der Waals surface area (Å²) in [4.78, 5) is 0. The maximum Gasteiger partial charge on any atom is 0.0477 e. The minimum Gasteiger partial charge on any atom is -0.382 e. The molecule has 15 heavy (non-hydrogen) atoms. The van der Waals surface area contributed by atoms with E-state index in [4.69, 9.17) is 16.3 Å². The van der Waals surface area contributed by atoms with Crippen molar-refractivity contribution in [3.8, 4) is 0 Å². The number of halogens is 1. The molecule has 0 amide bonds. The Hall–Kier alpha value is 0.210. The topological polar surface area (TPSA) is 21.3 Å². The smallest absolute Gasteiger partial charge is 0.0477 e. The van der Waals surface area contributed by atoms with Crippen LogP contribution in [0.5, 0.6) is 0 Å². The number of hydrogen-bond acceptors (Lipinski definition) is 2. The average molecular weight is 234 g/mol. The first kappa shape index (κ1) is 13.3. The van der Waals surface area contributed by atoms with Crippen LogP contribution in [-0.2, 0) is 4.74 Å². The maximum absolute atomic E-state index is 6.06. The Morgan fingerprint density at radius 3 is 2.67 bits per heavy atom. The molecule has 1 N–H and O–H groups in total. The van der Waals surface area contributed by atoms with Gasteiger partial charge in [-0.05, 0) is 38.1 Å². The van der Waals surface area contributed by atoms with Gasteiger partial charge in [-0.3, -0.25) is 0 Å². The molecule has 0 spiro atoms. The van der Waals surface area contributed by atoms with Crippen LogP contribution in [0.3, 0.4) is 0 Å². The number of nitrogens with one attached hydrogen (secondary N) is 1. The van der Waals surface area contributed by atoms with Crippen molar-refractivity contribution in [3.63, 3.8) is 0 Å². The van der Waals surface area contributed by atoms with Crippen molar-refractivity contribution >= 4 is 11.6 Å². The molecule has 0 saturated heterocycles. The van der Waals surface area contributed by atoms with E-state index in [9.17, 15) is 0 Å². The Morgan fingerprint density at radius 1 is 1.33 bits per heavy atom. The predicted octanol–water partition coefficient (Wildman–Crippen LogP) is 2.80. The van der Waals surface area contributed by atoms with Crippen LogP contribution < -0.4 is 5.32 Å². The largest absolute Gasteiger partial charge is 0.382 e. The van der Waals surface area contributed by atoms with E-state index in [1.165, 1.54) is 25.7 Å². The molecule has 0 radical (unpaired) electrons. The van der Waals surface area contributed by atoms with Gasteiger partial charge in [0.05, 0.1) is 0 Å². The van der Waals surface area contributed by atoms with Crippen LogP contribution in [-0.4, -0.2) is 32.2 Å². The zero-order chi connectivity index (χ0) is 11.0. The number of hydrogen-bond donors (Lipinski definition) is 1. The zero-order valence-corrected chi connectivity index (χ0v) is 10.6. The first-order chi connectivity index (χ1) is 7.33. The minimum atomic E-state index is 0.396. The summed E-state index contributed by atoms with van der Waals surface area (Å²) in [7, 11) is 0. The van der Waals surface area contributed by atoms with Crippen molar-refractivity contribution in [1.29, 1.82) is 0 Å². The van der Waals surface area contributed by atoms with Gasteiger partial charge in [-0.2, -0.15) is 0 Å². The maximum atomic E-state index is 6.06. The van der Waals surface area contributed by atoms with Crippen LogP contribution in [0.15, 0.2) is 0 Å². The molecule has 0 aromatic carbocycles. The zero-order valence-electron chi connectivity index (χ0n) is 9.86. The van der Waals surface area contributed by atoms with E-state index in [1.807, 2.05) is 6.92 Å². The highest BCUT2D eigenvalue weighted by Crippen LogP contribution is 2.38. The number of alkyl halides is 1. The van der Waals surface area contributed by atoms with Gasteiger partial charge in [0.1, 0.15) is 0 Å². The second-order valence-electron chi connectivity index (χ2n) is 4.57. The third-order valence-corrected chi connectivity index (χ3v) is 3.86. The van der Waals surface area contributed by atoms with E-state index < -0.39 is 0 Å². The van der Waals surface area contributed by atoms with Crippen molar-refractivity contribution in [2.24, 2.45) is 5.41 Å². The summed E-state index contributed by atoms with van der Waals surface area (Å²) in [6.45, 7) is 5.87. The molecule has 3 heteroatoms. The van der Waals surface area contributed by atoms with E-state index in [2.05, 4.69) is 5.32 Å². The lowest BCUT2D eigenvalue weighted by atomic mass is 9.88. The molecule has 0 heterocycles. The van der Waals surface area contributed by atoms with Crippen molar-refractivity contribution in [1.82, 2.24) is 5.32 Å². The third kappa shape index (κ3) is 4.71. The van der Waals surface area contributed by atoms with E-state index in [-0.39, 0.29) is 0 Å². The number of ether oxygens (including phenoxy) is 1. The first-order valence-corrected chi connectivity index (χ1v) is 6.71. The molecule has 0 atom stereocenters. The lowest BCUT2D eigenvalue weighted by Gasteiger charge is -2.26. The fraction of sp³-hybridized carbons (Fsp3) is 1.00. The Kier molecular flexibility index (Phi) is 6.62. The number of rotatable bonds is 8. The van der Waals surface area contributed by atoms with Gasteiger partial charge in [-0.15, -0.1) is 11.6 Å². The molecular formula is C12H24ClNO. The second-order valence-corrected chi connectivity index (χ2v) is 4.84. The fourth-order valence-corrected chi connectivity index (χ4v) is 2.64. The summed E-state index contributed by atoms with van der Waals surface area (Å²) < 4.78 is 5.29. The Labute approximate surface area is 98.7 Å². The quantitative estimate of drug-likeness (QED) is 0.514. The van der Waals surface area contributed by atoms with Gasteiger partial charge in [0.15, 0.2) is 0 Å². The molecule has 1 aliphatic rings. The summed E-state index contributed by atoms with van der Waals surface area (Å²) in [6.07, 6.45) is 6.41. The fourth-order valence-electron chi connectivity index (χ4n) is 2.28. The van der Waals surface area contributed by atoms with Crippen LogP contribution >= 0.6 is 11.6 Å².